The van der Waals surface area contributed by atoms with Gasteiger partial charge in [-0.3, -0.25) is 0 Å². The molecule has 0 aromatic heterocycles. The molecule has 4 nitrogen and oxygen atoms in total. The van der Waals surface area contributed by atoms with Crippen LogP contribution < -0.4 is 0 Å². The van der Waals surface area contributed by atoms with Gasteiger partial charge >= 0.3 is 6.18 Å². The SMILES string of the molecule is O=S(=O)(c1ccc(C(F)(F)F)cc1)N(CCc1ccccc1)C1CCN(CCCc2ccccc2)CC1. The number of piperidine rings is 1. The Hall–Kier alpha value is -2.68. The molecule has 0 N–H and O–H groups in total. The van der Waals surface area contributed by atoms with E-state index in [-0.39, 0.29) is 17.5 Å². The summed E-state index contributed by atoms with van der Waals surface area (Å²) in [6.45, 7) is 2.83. The number of rotatable bonds is 10. The monoisotopic (exact) mass is 530 g/mol. The first-order valence-electron chi connectivity index (χ1n) is 12.7. The van der Waals surface area contributed by atoms with Crippen LogP contribution in [0.2, 0.25) is 0 Å². The number of likely N-dealkylation sites (tertiary alicyclic amines) is 1. The Kier molecular flexibility index (Phi) is 9.05. The van der Waals surface area contributed by atoms with Gasteiger partial charge in [-0.1, -0.05) is 60.7 Å². The Labute approximate surface area is 217 Å². The van der Waals surface area contributed by atoms with Crippen LogP contribution in [0.4, 0.5) is 13.2 Å². The summed E-state index contributed by atoms with van der Waals surface area (Å²) in [4.78, 5) is 2.28. The molecule has 0 aliphatic carbocycles. The Morgan fingerprint density at radius 3 is 1.86 bits per heavy atom. The van der Waals surface area contributed by atoms with Gasteiger partial charge in [0.05, 0.1) is 10.5 Å². The minimum atomic E-state index is -4.51. The van der Waals surface area contributed by atoms with Crippen molar-refractivity contribution in [1.82, 2.24) is 9.21 Å². The van der Waals surface area contributed by atoms with E-state index in [0.717, 1.165) is 62.3 Å². The van der Waals surface area contributed by atoms with E-state index < -0.39 is 21.8 Å². The molecule has 3 aromatic carbocycles. The number of nitrogens with zero attached hydrogens (tertiary/aromatic N) is 2. The summed E-state index contributed by atoms with van der Waals surface area (Å²) in [6.07, 6.45) is -0.539. The van der Waals surface area contributed by atoms with Gasteiger partial charge in [0, 0.05) is 12.6 Å². The molecule has 1 saturated heterocycles. The van der Waals surface area contributed by atoms with Crippen molar-refractivity contribution in [2.45, 2.75) is 49.2 Å². The van der Waals surface area contributed by atoms with Crippen LogP contribution in [0.25, 0.3) is 0 Å². The van der Waals surface area contributed by atoms with Crippen LogP contribution in [0.5, 0.6) is 0 Å². The van der Waals surface area contributed by atoms with Crippen LogP contribution in [-0.4, -0.2) is 49.8 Å². The number of sulfonamides is 1. The highest BCUT2D eigenvalue weighted by Crippen LogP contribution is 2.31. The van der Waals surface area contributed by atoms with Gasteiger partial charge in [0.1, 0.15) is 0 Å². The number of hydrogen-bond acceptors (Lipinski definition) is 3. The van der Waals surface area contributed by atoms with Crippen molar-refractivity contribution in [1.29, 1.82) is 0 Å². The second-order valence-corrected chi connectivity index (χ2v) is 11.4. The van der Waals surface area contributed by atoms with Gasteiger partial charge < -0.3 is 4.90 Å². The number of benzene rings is 3. The summed E-state index contributed by atoms with van der Waals surface area (Å²) >= 11 is 0. The molecule has 1 aliphatic heterocycles. The molecule has 8 heteroatoms. The highest BCUT2D eigenvalue weighted by Gasteiger charge is 2.35. The standard InChI is InChI=1S/C29H33F3N2O2S/c30-29(31,32)26-13-15-28(16-14-26)37(35,36)34(23-17-25-10-5-2-6-11-25)27-18-21-33(22-19-27)20-7-12-24-8-3-1-4-9-24/h1-6,8-11,13-16,27H,7,12,17-23H2. The van der Waals surface area contributed by atoms with E-state index in [1.807, 2.05) is 48.5 Å². The average molecular weight is 531 g/mol. The summed E-state index contributed by atoms with van der Waals surface area (Å²) in [5.41, 5.74) is 1.48. The summed E-state index contributed by atoms with van der Waals surface area (Å²) in [6, 6.07) is 23.7. The number of halogens is 3. The first-order chi connectivity index (χ1) is 17.7. The van der Waals surface area contributed by atoms with Crippen molar-refractivity contribution in [3.8, 4) is 0 Å². The second-order valence-electron chi connectivity index (χ2n) is 9.54. The zero-order valence-corrected chi connectivity index (χ0v) is 21.6. The molecule has 0 radical (unpaired) electrons. The summed E-state index contributed by atoms with van der Waals surface area (Å²) in [5, 5.41) is 0. The maximum Gasteiger partial charge on any atom is 0.416 e. The zero-order valence-electron chi connectivity index (χ0n) is 20.8. The van der Waals surface area contributed by atoms with E-state index in [1.165, 1.54) is 9.87 Å². The van der Waals surface area contributed by atoms with Crippen molar-refractivity contribution in [3.05, 3.63) is 102 Å². The molecule has 0 saturated carbocycles. The molecule has 37 heavy (non-hydrogen) atoms. The van der Waals surface area contributed by atoms with E-state index >= 15 is 0 Å². The quantitative estimate of drug-likeness (QED) is 0.321. The molecule has 0 atom stereocenters. The largest absolute Gasteiger partial charge is 0.416 e. The van der Waals surface area contributed by atoms with Crippen molar-refractivity contribution in [2.75, 3.05) is 26.2 Å². The molecule has 4 rings (SSSR count). The third kappa shape index (κ3) is 7.43. The number of hydrogen-bond donors (Lipinski definition) is 0. The van der Waals surface area contributed by atoms with E-state index in [9.17, 15) is 21.6 Å². The van der Waals surface area contributed by atoms with E-state index in [2.05, 4.69) is 17.0 Å². The normalized spacial score (nSPS) is 15.8. The predicted octanol–water partition coefficient (Wildman–Crippen LogP) is 6.04. The lowest BCUT2D eigenvalue weighted by Gasteiger charge is -2.38. The Morgan fingerprint density at radius 1 is 0.784 bits per heavy atom. The third-order valence-corrected chi connectivity index (χ3v) is 8.96. The van der Waals surface area contributed by atoms with Crippen molar-refractivity contribution in [2.24, 2.45) is 0 Å². The molecule has 0 spiro atoms. The van der Waals surface area contributed by atoms with E-state index in [4.69, 9.17) is 0 Å². The molecule has 3 aromatic rings. The van der Waals surface area contributed by atoms with Crippen LogP contribution in [0.3, 0.4) is 0 Å². The van der Waals surface area contributed by atoms with Crippen LogP contribution in [0, 0.1) is 0 Å². The van der Waals surface area contributed by atoms with Crippen LogP contribution in [0.15, 0.2) is 89.8 Å². The van der Waals surface area contributed by atoms with Gasteiger partial charge in [-0.2, -0.15) is 17.5 Å². The van der Waals surface area contributed by atoms with Gasteiger partial charge in [-0.15, -0.1) is 0 Å². The van der Waals surface area contributed by atoms with Crippen LogP contribution in [0.1, 0.15) is 36.0 Å². The van der Waals surface area contributed by atoms with Gasteiger partial charge in [-0.25, -0.2) is 8.42 Å². The molecule has 0 unspecified atom stereocenters. The molecule has 0 bridgehead atoms. The Bertz CT molecular complexity index is 1210. The van der Waals surface area contributed by atoms with Crippen molar-refractivity contribution >= 4 is 10.0 Å². The van der Waals surface area contributed by atoms with Crippen LogP contribution in [-0.2, 0) is 29.0 Å². The maximum absolute atomic E-state index is 13.7. The average Bonchev–Trinajstić information content (AvgIpc) is 2.90. The molecule has 198 valence electrons. The number of aryl methyl sites for hydroxylation is 1. The molecule has 1 fully saturated rings. The first kappa shape index (κ1) is 27.4. The highest BCUT2D eigenvalue weighted by atomic mass is 32.2. The fourth-order valence-electron chi connectivity index (χ4n) is 4.92. The summed E-state index contributed by atoms with van der Waals surface area (Å²) in [5.74, 6) is 0. The molecule has 1 heterocycles. The smallest absolute Gasteiger partial charge is 0.303 e. The highest BCUT2D eigenvalue weighted by molar-refractivity contribution is 7.89. The van der Waals surface area contributed by atoms with Gasteiger partial charge in [0.15, 0.2) is 0 Å². The minimum absolute atomic E-state index is 0.0983. The molecular formula is C29H33F3N2O2S. The second kappa shape index (κ2) is 12.2. The topological polar surface area (TPSA) is 40.6 Å². The Morgan fingerprint density at radius 2 is 1.32 bits per heavy atom. The lowest BCUT2D eigenvalue weighted by Crippen LogP contribution is -2.48. The van der Waals surface area contributed by atoms with Gasteiger partial charge in [0.2, 0.25) is 10.0 Å². The number of alkyl halides is 3. The summed E-state index contributed by atoms with van der Waals surface area (Å²) < 4.78 is 67.9. The lowest BCUT2D eigenvalue weighted by atomic mass is 10.0. The third-order valence-electron chi connectivity index (χ3n) is 7.00. The van der Waals surface area contributed by atoms with E-state index in [1.54, 1.807) is 0 Å². The van der Waals surface area contributed by atoms with E-state index in [0.29, 0.717) is 19.3 Å². The summed E-state index contributed by atoms with van der Waals surface area (Å²) in [7, 11) is -3.96. The fraction of sp³-hybridized carbons (Fsp3) is 0.379. The maximum atomic E-state index is 13.7. The van der Waals surface area contributed by atoms with Gasteiger partial charge in [0.25, 0.3) is 0 Å². The van der Waals surface area contributed by atoms with Crippen molar-refractivity contribution < 1.29 is 21.6 Å². The van der Waals surface area contributed by atoms with Crippen LogP contribution >= 0.6 is 0 Å². The molecular weight excluding hydrogens is 497 g/mol. The molecule has 1 aliphatic rings. The fourth-order valence-corrected chi connectivity index (χ4v) is 6.60. The van der Waals surface area contributed by atoms with Gasteiger partial charge in [-0.05, 0) is 87.1 Å². The first-order valence-corrected chi connectivity index (χ1v) is 14.2. The predicted molar refractivity (Wildman–Crippen MR) is 140 cm³/mol. The lowest BCUT2D eigenvalue weighted by molar-refractivity contribution is -0.137. The zero-order chi connectivity index (χ0) is 26.3. The Balaban J connectivity index is 1.43. The minimum Gasteiger partial charge on any atom is -0.303 e. The molecule has 0 amide bonds. The van der Waals surface area contributed by atoms with Crippen molar-refractivity contribution in [3.63, 3.8) is 0 Å².